The Morgan fingerprint density at radius 3 is 2.67 bits per heavy atom. The van der Waals surface area contributed by atoms with Crippen LogP contribution in [-0.4, -0.2) is 18.1 Å². The minimum atomic E-state index is 0.370. The van der Waals surface area contributed by atoms with Gasteiger partial charge >= 0.3 is 0 Å². The Kier molecular flexibility index (Phi) is 3.14. The van der Waals surface area contributed by atoms with Gasteiger partial charge in [0.1, 0.15) is 0 Å². The van der Waals surface area contributed by atoms with E-state index in [1.165, 1.54) is 44.1 Å². The predicted octanol–water partition coefficient (Wildman–Crippen LogP) is 3.28. The van der Waals surface area contributed by atoms with Crippen LogP contribution in [0.5, 0.6) is 0 Å². The first-order chi connectivity index (χ1) is 8.79. The predicted molar refractivity (Wildman–Crippen MR) is 74.6 cm³/mol. The summed E-state index contributed by atoms with van der Waals surface area (Å²) in [5.74, 6) is 0. The lowest BCUT2D eigenvalue weighted by atomic mass is 9.50. The zero-order valence-electron chi connectivity index (χ0n) is 11.4. The van der Waals surface area contributed by atoms with E-state index in [9.17, 15) is 0 Å². The molecule has 18 heavy (non-hydrogen) atoms. The summed E-state index contributed by atoms with van der Waals surface area (Å²) in [5, 5.41) is 3.57. The van der Waals surface area contributed by atoms with E-state index < -0.39 is 0 Å². The molecule has 1 spiro atoms. The van der Waals surface area contributed by atoms with Crippen LogP contribution >= 0.6 is 0 Å². The Balaban J connectivity index is 1.79. The van der Waals surface area contributed by atoms with Gasteiger partial charge in [-0.3, -0.25) is 4.98 Å². The summed E-state index contributed by atoms with van der Waals surface area (Å²) in [5.41, 5.74) is 2.50. The van der Waals surface area contributed by atoms with Gasteiger partial charge in [0.05, 0.1) is 0 Å². The van der Waals surface area contributed by atoms with Crippen LogP contribution in [0, 0.1) is 5.41 Å². The zero-order chi connectivity index (χ0) is 12.5. The molecule has 3 rings (SSSR count). The number of hydrogen-bond donors (Lipinski definition) is 1. The highest BCUT2D eigenvalue weighted by molar-refractivity contribution is 5.29. The van der Waals surface area contributed by atoms with E-state index in [0.717, 1.165) is 13.1 Å². The van der Waals surface area contributed by atoms with Gasteiger partial charge < -0.3 is 5.32 Å². The van der Waals surface area contributed by atoms with Crippen LogP contribution in [-0.2, 0) is 5.41 Å². The summed E-state index contributed by atoms with van der Waals surface area (Å²) < 4.78 is 0. The maximum Gasteiger partial charge on any atom is 0.0306 e. The van der Waals surface area contributed by atoms with Crippen molar-refractivity contribution in [1.82, 2.24) is 10.3 Å². The lowest BCUT2D eigenvalue weighted by Gasteiger charge is -2.55. The van der Waals surface area contributed by atoms with Crippen molar-refractivity contribution < 1.29 is 0 Å². The summed E-state index contributed by atoms with van der Waals surface area (Å²) in [6.45, 7) is 4.38. The summed E-state index contributed by atoms with van der Waals surface area (Å²) in [7, 11) is 0. The van der Waals surface area contributed by atoms with Gasteiger partial charge in [-0.2, -0.15) is 0 Å². The molecular formula is C16H24N2. The molecule has 2 aliphatic rings. The van der Waals surface area contributed by atoms with E-state index in [0.29, 0.717) is 10.8 Å². The first-order valence-corrected chi connectivity index (χ1v) is 7.40. The van der Waals surface area contributed by atoms with Gasteiger partial charge in [-0.1, -0.05) is 25.8 Å². The Hall–Kier alpha value is -0.890. The van der Waals surface area contributed by atoms with E-state index in [2.05, 4.69) is 35.6 Å². The molecule has 0 atom stereocenters. The Labute approximate surface area is 110 Å². The SMILES string of the molecule is CCNCC1(c2cccnc2)CC2(CCCC2)C1. The van der Waals surface area contributed by atoms with Gasteiger partial charge in [0.15, 0.2) is 0 Å². The molecule has 0 radical (unpaired) electrons. The van der Waals surface area contributed by atoms with Gasteiger partial charge in [-0.15, -0.1) is 0 Å². The molecular weight excluding hydrogens is 220 g/mol. The van der Waals surface area contributed by atoms with Crippen molar-refractivity contribution in [3.05, 3.63) is 30.1 Å². The molecule has 1 N–H and O–H groups in total. The Morgan fingerprint density at radius 2 is 2.06 bits per heavy atom. The van der Waals surface area contributed by atoms with Crippen LogP contribution in [0.25, 0.3) is 0 Å². The molecule has 1 aromatic rings. The molecule has 1 aromatic heterocycles. The molecule has 2 aliphatic carbocycles. The van der Waals surface area contributed by atoms with Gasteiger partial charge in [0.25, 0.3) is 0 Å². The number of nitrogens with zero attached hydrogens (tertiary/aromatic N) is 1. The van der Waals surface area contributed by atoms with Gasteiger partial charge in [0.2, 0.25) is 0 Å². The van der Waals surface area contributed by atoms with Crippen LogP contribution in [0.4, 0.5) is 0 Å². The van der Waals surface area contributed by atoms with Gasteiger partial charge in [0, 0.05) is 24.4 Å². The fraction of sp³-hybridized carbons (Fsp3) is 0.688. The van der Waals surface area contributed by atoms with Crippen LogP contribution in [0.3, 0.4) is 0 Å². The molecule has 0 unspecified atom stereocenters. The quantitative estimate of drug-likeness (QED) is 0.879. The second kappa shape index (κ2) is 4.65. The van der Waals surface area contributed by atoms with E-state index in [1.54, 1.807) is 0 Å². The standard InChI is InChI=1S/C16H24N2/c1-2-17-13-16(14-6-5-9-18-10-14)11-15(12-16)7-3-4-8-15/h5-6,9-10,17H,2-4,7-8,11-13H2,1H3. The van der Waals surface area contributed by atoms with Crippen LogP contribution in [0.1, 0.15) is 51.0 Å². The van der Waals surface area contributed by atoms with Crippen LogP contribution in [0.2, 0.25) is 0 Å². The molecule has 2 saturated carbocycles. The normalized spacial score (nSPS) is 24.1. The first kappa shape index (κ1) is 12.2. The molecule has 2 fully saturated rings. The molecule has 0 saturated heterocycles. The zero-order valence-corrected chi connectivity index (χ0v) is 11.4. The summed E-state index contributed by atoms with van der Waals surface area (Å²) in [6.07, 6.45) is 12.5. The third kappa shape index (κ3) is 1.97. The molecule has 1 heterocycles. The first-order valence-electron chi connectivity index (χ1n) is 7.40. The van der Waals surface area contributed by atoms with Gasteiger partial charge in [-0.25, -0.2) is 0 Å². The molecule has 2 heteroatoms. The Bertz CT molecular complexity index is 385. The molecule has 0 aromatic carbocycles. The van der Waals surface area contributed by atoms with Crippen LogP contribution < -0.4 is 5.32 Å². The van der Waals surface area contributed by atoms with E-state index >= 15 is 0 Å². The highest BCUT2D eigenvalue weighted by atomic mass is 14.9. The minimum Gasteiger partial charge on any atom is -0.316 e. The molecule has 0 bridgehead atoms. The van der Waals surface area contributed by atoms with Crippen molar-refractivity contribution in [3.63, 3.8) is 0 Å². The molecule has 2 nitrogen and oxygen atoms in total. The fourth-order valence-corrected chi connectivity index (χ4v) is 4.33. The summed E-state index contributed by atoms with van der Waals surface area (Å²) >= 11 is 0. The Morgan fingerprint density at radius 1 is 1.28 bits per heavy atom. The van der Waals surface area contributed by atoms with Crippen molar-refractivity contribution in [2.45, 2.75) is 50.9 Å². The smallest absolute Gasteiger partial charge is 0.0306 e. The van der Waals surface area contributed by atoms with E-state index in [1.807, 2.05) is 6.20 Å². The van der Waals surface area contributed by atoms with Crippen molar-refractivity contribution in [2.24, 2.45) is 5.41 Å². The minimum absolute atomic E-state index is 0.370. The number of likely N-dealkylation sites (N-methyl/N-ethyl adjacent to an activating group) is 1. The maximum atomic E-state index is 4.33. The average molecular weight is 244 g/mol. The van der Waals surface area contributed by atoms with Crippen LogP contribution in [0.15, 0.2) is 24.5 Å². The molecule has 98 valence electrons. The van der Waals surface area contributed by atoms with Gasteiger partial charge in [-0.05, 0) is 49.3 Å². The van der Waals surface area contributed by atoms with Crippen molar-refractivity contribution >= 4 is 0 Å². The second-order valence-electron chi connectivity index (χ2n) is 6.36. The topological polar surface area (TPSA) is 24.9 Å². The second-order valence-corrected chi connectivity index (χ2v) is 6.36. The fourth-order valence-electron chi connectivity index (χ4n) is 4.33. The largest absolute Gasteiger partial charge is 0.316 e. The highest BCUT2D eigenvalue weighted by Crippen LogP contribution is 2.62. The summed E-state index contributed by atoms with van der Waals surface area (Å²) in [6, 6.07) is 4.36. The number of nitrogens with one attached hydrogen (secondary N) is 1. The highest BCUT2D eigenvalue weighted by Gasteiger charge is 2.55. The van der Waals surface area contributed by atoms with Crippen molar-refractivity contribution in [1.29, 1.82) is 0 Å². The van der Waals surface area contributed by atoms with Crippen molar-refractivity contribution in [2.75, 3.05) is 13.1 Å². The lowest BCUT2D eigenvalue weighted by Crippen LogP contribution is -2.53. The number of hydrogen-bond acceptors (Lipinski definition) is 2. The number of pyridine rings is 1. The van der Waals surface area contributed by atoms with E-state index in [4.69, 9.17) is 0 Å². The molecule has 0 amide bonds. The maximum absolute atomic E-state index is 4.33. The third-order valence-electron chi connectivity index (χ3n) is 5.08. The molecule has 0 aliphatic heterocycles. The third-order valence-corrected chi connectivity index (χ3v) is 5.08. The number of rotatable bonds is 4. The monoisotopic (exact) mass is 244 g/mol. The van der Waals surface area contributed by atoms with Crippen molar-refractivity contribution in [3.8, 4) is 0 Å². The lowest BCUT2D eigenvalue weighted by molar-refractivity contribution is 0.0271. The van der Waals surface area contributed by atoms with E-state index in [-0.39, 0.29) is 0 Å². The average Bonchev–Trinajstić information content (AvgIpc) is 2.85. The summed E-state index contributed by atoms with van der Waals surface area (Å²) in [4.78, 5) is 4.33. The number of aromatic nitrogens is 1.